The van der Waals surface area contributed by atoms with Crippen LogP contribution in [0.1, 0.15) is 33.6 Å². The Bertz CT molecular complexity index is 317. The molecule has 0 aromatic carbocycles. The molecule has 2 N–H and O–H groups in total. The maximum absolute atomic E-state index is 11.6. The van der Waals surface area contributed by atoms with Crippen molar-refractivity contribution in [3.8, 4) is 0 Å². The van der Waals surface area contributed by atoms with E-state index in [2.05, 4.69) is 0 Å². The normalized spacial score (nSPS) is 17.0. The molecule has 0 aliphatic heterocycles. The van der Waals surface area contributed by atoms with Crippen LogP contribution in [-0.2, 0) is 18.6 Å². The zero-order chi connectivity index (χ0) is 14.4. The number of carbonyl (C=O) groups is 1. The van der Waals surface area contributed by atoms with Crippen LogP contribution in [0.4, 0.5) is 0 Å². The van der Waals surface area contributed by atoms with E-state index in [9.17, 15) is 19.4 Å². The third-order valence-electron chi connectivity index (χ3n) is 2.79. The maximum Gasteiger partial charge on any atom is 0.386 e. The van der Waals surface area contributed by atoms with E-state index < -0.39 is 31.1 Å². The van der Waals surface area contributed by atoms with Gasteiger partial charge < -0.3 is 14.7 Å². The van der Waals surface area contributed by atoms with Crippen molar-refractivity contribution in [2.75, 3.05) is 12.9 Å². The summed E-state index contributed by atoms with van der Waals surface area (Å²) in [6.45, 7) is 0.432. The lowest BCUT2D eigenvalue weighted by atomic mass is 9.90. The summed E-state index contributed by atoms with van der Waals surface area (Å²) in [7, 11) is 0. The van der Waals surface area contributed by atoms with E-state index in [1.165, 1.54) is 13.2 Å². The average molecular weight is 300 g/mol. The molecule has 2 unspecified atom stereocenters. The lowest BCUT2D eigenvalue weighted by molar-refractivity contribution is -0.173. The Morgan fingerprint density at radius 2 is 1.94 bits per heavy atom. The van der Waals surface area contributed by atoms with Crippen molar-refractivity contribution in [2.24, 2.45) is 0 Å². The van der Waals surface area contributed by atoms with Gasteiger partial charge in [-0.2, -0.15) is 0 Å². The van der Waals surface area contributed by atoms with E-state index in [0.29, 0.717) is 24.2 Å². The first-order valence-electron chi connectivity index (χ1n) is 5.64. The second kappa shape index (κ2) is 7.50. The number of esters is 1. The average Bonchev–Trinajstić information content (AvgIpc) is 2.33. The zero-order valence-electron chi connectivity index (χ0n) is 11.1. The summed E-state index contributed by atoms with van der Waals surface area (Å²) < 4.78 is 21.8. The molecular formula is C10H21O6PS. The van der Waals surface area contributed by atoms with Gasteiger partial charge in [-0.3, -0.25) is 9.32 Å². The van der Waals surface area contributed by atoms with Crippen LogP contribution in [0.2, 0.25) is 0 Å². The molecule has 0 saturated carbocycles. The van der Waals surface area contributed by atoms with Crippen molar-refractivity contribution < 1.29 is 28.6 Å². The maximum atomic E-state index is 11.6. The van der Waals surface area contributed by atoms with Crippen molar-refractivity contribution in [3.05, 3.63) is 0 Å². The Balaban J connectivity index is 5.15. The predicted octanol–water partition coefficient (Wildman–Crippen LogP) is 1.95. The molecular weight excluding hydrogens is 279 g/mol. The van der Waals surface area contributed by atoms with Gasteiger partial charge in [-0.15, -0.1) is 0 Å². The quantitative estimate of drug-likeness (QED) is 0.522. The highest BCUT2D eigenvalue weighted by Gasteiger charge is 2.43. The van der Waals surface area contributed by atoms with Crippen molar-refractivity contribution >= 4 is 24.1 Å². The summed E-state index contributed by atoms with van der Waals surface area (Å²) in [6, 6.07) is 0. The Hall–Kier alpha value is -0.0700. The van der Waals surface area contributed by atoms with Gasteiger partial charge in [0.25, 0.3) is 0 Å². The SMILES string of the molecule is CCC(CC)(OC(C)=O)C(CO)OP(=O)(O)SC. The second-order valence-corrected chi connectivity index (χ2v) is 7.79. The van der Waals surface area contributed by atoms with Crippen molar-refractivity contribution in [3.63, 3.8) is 0 Å². The molecule has 0 bridgehead atoms. The molecule has 0 aliphatic rings. The van der Waals surface area contributed by atoms with Crippen LogP contribution in [0.25, 0.3) is 0 Å². The third kappa shape index (κ3) is 4.90. The molecule has 0 amide bonds. The number of hydrogen-bond acceptors (Lipinski definition) is 6. The molecule has 2 atom stereocenters. The summed E-state index contributed by atoms with van der Waals surface area (Å²) >= 11 is 0.664. The molecule has 0 aromatic rings. The summed E-state index contributed by atoms with van der Waals surface area (Å²) in [5.41, 5.74) is -1.09. The van der Waals surface area contributed by atoms with Gasteiger partial charge in [0.15, 0.2) is 0 Å². The Kier molecular flexibility index (Phi) is 7.47. The van der Waals surface area contributed by atoms with E-state index >= 15 is 0 Å². The van der Waals surface area contributed by atoms with Crippen molar-refractivity contribution in [1.82, 2.24) is 0 Å². The fourth-order valence-electron chi connectivity index (χ4n) is 1.70. The molecule has 0 spiro atoms. The first kappa shape index (κ1) is 17.9. The lowest BCUT2D eigenvalue weighted by Crippen LogP contribution is -2.48. The van der Waals surface area contributed by atoms with Crippen LogP contribution in [0.15, 0.2) is 0 Å². The highest BCUT2D eigenvalue weighted by atomic mass is 32.7. The molecule has 0 heterocycles. The molecule has 0 fully saturated rings. The molecule has 0 rings (SSSR count). The topological polar surface area (TPSA) is 93.1 Å². The molecule has 0 radical (unpaired) electrons. The van der Waals surface area contributed by atoms with E-state index in [0.717, 1.165) is 0 Å². The van der Waals surface area contributed by atoms with E-state index in [-0.39, 0.29) is 0 Å². The highest BCUT2D eigenvalue weighted by molar-refractivity contribution is 8.54. The lowest BCUT2D eigenvalue weighted by Gasteiger charge is -2.37. The molecule has 0 saturated heterocycles. The molecule has 18 heavy (non-hydrogen) atoms. The Morgan fingerprint density at radius 1 is 1.44 bits per heavy atom. The number of carbonyl (C=O) groups excluding carboxylic acids is 1. The Morgan fingerprint density at radius 3 is 2.22 bits per heavy atom. The van der Waals surface area contributed by atoms with Crippen LogP contribution in [0.3, 0.4) is 0 Å². The standard InChI is InChI=1S/C10H21O6PS/c1-5-10(6-2,15-8(3)12)9(7-11)16-17(13,14)18-4/h9,11H,5-7H2,1-4H3,(H,13,14). The van der Waals surface area contributed by atoms with Crippen LogP contribution < -0.4 is 0 Å². The fraction of sp³-hybridized carbons (Fsp3) is 0.900. The predicted molar refractivity (Wildman–Crippen MR) is 70.4 cm³/mol. The van der Waals surface area contributed by atoms with Crippen LogP contribution in [0, 0.1) is 0 Å². The largest absolute Gasteiger partial charge is 0.456 e. The van der Waals surface area contributed by atoms with Gasteiger partial charge in [-0.25, -0.2) is 4.57 Å². The zero-order valence-corrected chi connectivity index (χ0v) is 12.8. The van der Waals surface area contributed by atoms with Gasteiger partial charge in [0.2, 0.25) is 0 Å². The fourth-order valence-corrected chi connectivity index (χ4v) is 2.94. The number of aliphatic hydroxyl groups is 1. The summed E-state index contributed by atoms with van der Waals surface area (Å²) in [5.74, 6) is -0.516. The minimum atomic E-state index is -3.85. The first-order chi connectivity index (χ1) is 8.26. The van der Waals surface area contributed by atoms with E-state index in [4.69, 9.17) is 9.26 Å². The molecule has 108 valence electrons. The second-order valence-electron chi connectivity index (χ2n) is 3.79. The van der Waals surface area contributed by atoms with E-state index in [1.807, 2.05) is 0 Å². The number of aliphatic hydroxyl groups excluding tert-OH is 1. The summed E-state index contributed by atoms with van der Waals surface area (Å²) in [5, 5.41) is 9.34. The van der Waals surface area contributed by atoms with Crippen LogP contribution in [0.5, 0.6) is 0 Å². The van der Waals surface area contributed by atoms with Gasteiger partial charge in [0, 0.05) is 6.92 Å². The van der Waals surface area contributed by atoms with E-state index in [1.54, 1.807) is 13.8 Å². The summed E-state index contributed by atoms with van der Waals surface area (Å²) in [6.07, 6.45) is 1.16. The number of hydrogen-bond donors (Lipinski definition) is 2. The van der Waals surface area contributed by atoms with Gasteiger partial charge >= 0.3 is 12.8 Å². The van der Waals surface area contributed by atoms with Crippen molar-refractivity contribution in [2.45, 2.75) is 45.3 Å². The van der Waals surface area contributed by atoms with Gasteiger partial charge in [-0.1, -0.05) is 13.8 Å². The number of rotatable bonds is 8. The van der Waals surface area contributed by atoms with Crippen LogP contribution >= 0.6 is 18.2 Å². The van der Waals surface area contributed by atoms with Crippen molar-refractivity contribution in [1.29, 1.82) is 0 Å². The summed E-state index contributed by atoms with van der Waals surface area (Å²) in [4.78, 5) is 20.6. The third-order valence-corrected chi connectivity index (χ3v) is 5.41. The minimum Gasteiger partial charge on any atom is -0.456 e. The van der Waals surface area contributed by atoms with Gasteiger partial charge in [0.1, 0.15) is 11.7 Å². The molecule has 8 heteroatoms. The molecule has 0 aromatic heterocycles. The first-order valence-corrected chi connectivity index (χ1v) is 9.05. The molecule has 0 aliphatic carbocycles. The Labute approximate surface area is 111 Å². The number of ether oxygens (including phenoxy) is 1. The minimum absolute atomic E-state index is 0.378. The molecule has 6 nitrogen and oxygen atoms in total. The van der Waals surface area contributed by atoms with Crippen LogP contribution in [-0.4, -0.2) is 40.5 Å². The smallest absolute Gasteiger partial charge is 0.386 e. The highest BCUT2D eigenvalue weighted by Crippen LogP contribution is 2.56. The van der Waals surface area contributed by atoms with Gasteiger partial charge in [-0.05, 0) is 30.5 Å². The monoisotopic (exact) mass is 300 g/mol. The van der Waals surface area contributed by atoms with Gasteiger partial charge in [0.05, 0.1) is 6.61 Å².